The highest BCUT2D eigenvalue weighted by atomic mass is 32.2. The molecular weight excluding hydrogens is 312 g/mol. The SMILES string of the molecule is CCCCCCCCCCCC(O)(CCCCCC)S(=O)(=O)O. The minimum atomic E-state index is -4.40. The van der Waals surface area contributed by atoms with Gasteiger partial charge in [0.2, 0.25) is 0 Å². The lowest BCUT2D eigenvalue weighted by Crippen LogP contribution is -2.38. The van der Waals surface area contributed by atoms with Gasteiger partial charge in [0.25, 0.3) is 10.1 Å². The van der Waals surface area contributed by atoms with E-state index in [-0.39, 0.29) is 12.8 Å². The summed E-state index contributed by atoms with van der Waals surface area (Å²) in [6.45, 7) is 4.29. The molecule has 0 aromatic heterocycles. The second-order valence-corrected chi connectivity index (χ2v) is 8.52. The highest BCUT2D eigenvalue weighted by Crippen LogP contribution is 2.28. The predicted octanol–water partition coefficient (Wildman–Crippen LogP) is 5.45. The van der Waals surface area contributed by atoms with Crippen LogP contribution in [0.4, 0.5) is 0 Å². The Kier molecular flexibility index (Phi) is 13.1. The molecular formula is C18H38O4S. The number of hydrogen-bond acceptors (Lipinski definition) is 3. The molecule has 0 aliphatic heterocycles. The molecule has 0 rings (SSSR count). The van der Waals surface area contributed by atoms with Crippen molar-refractivity contribution in [3.8, 4) is 0 Å². The van der Waals surface area contributed by atoms with Crippen molar-refractivity contribution < 1.29 is 18.1 Å². The average molecular weight is 351 g/mol. The van der Waals surface area contributed by atoms with Gasteiger partial charge >= 0.3 is 0 Å². The van der Waals surface area contributed by atoms with E-state index in [0.717, 1.165) is 32.1 Å². The Morgan fingerprint density at radius 3 is 1.30 bits per heavy atom. The summed E-state index contributed by atoms with van der Waals surface area (Å²) in [5.74, 6) is 0. The molecule has 0 fully saturated rings. The monoisotopic (exact) mass is 350 g/mol. The van der Waals surface area contributed by atoms with Gasteiger partial charge < -0.3 is 5.11 Å². The molecule has 5 heteroatoms. The number of unbranched alkanes of at least 4 members (excludes halogenated alkanes) is 11. The summed E-state index contributed by atoms with van der Waals surface area (Å²) in [4.78, 5) is -1.94. The van der Waals surface area contributed by atoms with Crippen LogP contribution in [0.5, 0.6) is 0 Å². The molecule has 140 valence electrons. The van der Waals surface area contributed by atoms with E-state index in [1.807, 2.05) is 0 Å². The maximum absolute atomic E-state index is 11.5. The van der Waals surface area contributed by atoms with Crippen molar-refractivity contribution >= 4 is 10.1 Å². The van der Waals surface area contributed by atoms with Crippen molar-refractivity contribution in [2.45, 2.75) is 115 Å². The molecule has 2 N–H and O–H groups in total. The van der Waals surface area contributed by atoms with E-state index in [2.05, 4.69) is 13.8 Å². The summed E-state index contributed by atoms with van der Waals surface area (Å²) in [7, 11) is -4.40. The third-order valence-corrected chi connectivity index (χ3v) is 5.94. The van der Waals surface area contributed by atoms with Crippen LogP contribution < -0.4 is 0 Å². The Labute approximate surface area is 143 Å². The lowest BCUT2D eigenvalue weighted by atomic mass is 10.0. The summed E-state index contributed by atoms with van der Waals surface area (Å²) in [6.07, 6.45) is 14.1. The first-order valence-corrected chi connectivity index (χ1v) is 11.0. The summed E-state index contributed by atoms with van der Waals surface area (Å²) < 4.78 is 32.3. The molecule has 1 unspecified atom stereocenters. The second-order valence-electron chi connectivity index (χ2n) is 6.81. The molecule has 0 aromatic carbocycles. The molecule has 0 saturated heterocycles. The van der Waals surface area contributed by atoms with E-state index < -0.39 is 15.1 Å². The topological polar surface area (TPSA) is 74.6 Å². The summed E-state index contributed by atoms with van der Waals surface area (Å²) in [5.41, 5.74) is 0. The number of hydrogen-bond donors (Lipinski definition) is 2. The van der Waals surface area contributed by atoms with Gasteiger partial charge in [-0.3, -0.25) is 4.55 Å². The zero-order valence-electron chi connectivity index (χ0n) is 15.2. The Morgan fingerprint density at radius 2 is 0.957 bits per heavy atom. The van der Waals surface area contributed by atoms with Crippen LogP contribution in [0.2, 0.25) is 0 Å². The van der Waals surface area contributed by atoms with E-state index in [4.69, 9.17) is 0 Å². The molecule has 0 amide bonds. The fraction of sp³-hybridized carbons (Fsp3) is 1.00. The van der Waals surface area contributed by atoms with Crippen molar-refractivity contribution in [3.05, 3.63) is 0 Å². The van der Waals surface area contributed by atoms with Crippen molar-refractivity contribution in [2.75, 3.05) is 0 Å². The molecule has 0 radical (unpaired) electrons. The average Bonchev–Trinajstić information content (AvgIpc) is 2.49. The molecule has 0 aliphatic rings. The lowest BCUT2D eigenvalue weighted by Gasteiger charge is -2.24. The van der Waals surface area contributed by atoms with Gasteiger partial charge in [0.15, 0.2) is 4.93 Å². The third kappa shape index (κ3) is 11.1. The summed E-state index contributed by atoms with van der Waals surface area (Å²) in [6, 6.07) is 0. The van der Waals surface area contributed by atoms with Gasteiger partial charge in [-0.05, 0) is 25.7 Å². The van der Waals surface area contributed by atoms with Crippen LogP contribution in [0.25, 0.3) is 0 Å². The Hall–Kier alpha value is -0.130. The van der Waals surface area contributed by atoms with E-state index in [9.17, 15) is 18.1 Å². The molecule has 0 bridgehead atoms. The van der Waals surface area contributed by atoms with Crippen LogP contribution in [0, 0.1) is 0 Å². The van der Waals surface area contributed by atoms with Gasteiger partial charge in [-0.25, -0.2) is 0 Å². The third-order valence-electron chi connectivity index (χ3n) is 4.57. The first-order chi connectivity index (χ1) is 10.9. The smallest absolute Gasteiger partial charge is 0.294 e. The fourth-order valence-electron chi connectivity index (χ4n) is 2.92. The van der Waals surface area contributed by atoms with E-state index in [0.29, 0.717) is 12.8 Å². The summed E-state index contributed by atoms with van der Waals surface area (Å²) >= 11 is 0. The predicted molar refractivity (Wildman–Crippen MR) is 97.1 cm³/mol. The van der Waals surface area contributed by atoms with Crippen LogP contribution in [-0.4, -0.2) is 23.0 Å². The van der Waals surface area contributed by atoms with Crippen LogP contribution >= 0.6 is 0 Å². The highest BCUT2D eigenvalue weighted by Gasteiger charge is 2.39. The molecule has 0 spiro atoms. The largest absolute Gasteiger partial charge is 0.372 e. The first-order valence-electron chi connectivity index (χ1n) is 9.56. The Balaban J connectivity index is 3.93. The maximum Gasteiger partial charge on any atom is 0.294 e. The van der Waals surface area contributed by atoms with E-state index in [1.54, 1.807) is 0 Å². The maximum atomic E-state index is 11.5. The van der Waals surface area contributed by atoms with Crippen molar-refractivity contribution in [3.63, 3.8) is 0 Å². The van der Waals surface area contributed by atoms with Gasteiger partial charge in [-0.2, -0.15) is 8.42 Å². The van der Waals surface area contributed by atoms with Crippen LogP contribution in [-0.2, 0) is 10.1 Å². The summed E-state index contributed by atoms with van der Waals surface area (Å²) in [5, 5.41) is 10.3. The molecule has 0 aliphatic carbocycles. The normalized spacial score (nSPS) is 14.8. The van der Waals surface area contributed by atoms with E-state index >= 15 is 0 Å². The number of aliphatic hydroxyl groups is 1. The van der Waals surface area contributed by atoms with Gasteiger partial charge in [0, 0.05) is 0 Å². The molecule has 0 saturated carbocycles. The lowest BCUT2D eigenvalue weighted by molar-refractivity contribution is 0.0884. The van der Waals surface area contributed by atoms with Crippen molar-refractivity contribution in [1.82, 2.24) is 0 Å². The zero-order chi connectivity index (χ0) is 17.6. The van der Waals surface area contributed by atoms with Gasteiger partial charge in [-0.1, -0.05) is 84.5 Å². The molecule has 4 nitrogen and oxygen atoms in total. The molecule has 0 heterocycles. The van der Waals surface area contributed by atoms with Gasteiger partial charge in [0.1, 0.15) is 0 Å². The molecule has 23 heavy (non-hydrogen) atoms. The first kappa shape index (κ1) is 22.9. The Morgan fingerprint density at radius 1 is 0.652 bits per heavy atom. The van der Waals surface area contributed by atoms with Crippen LogP contribution in [0.15, 0.2) is 0 Å². The Bertz CT molecular complexity index is 367. The van der Waals surface area contributed by atoms with E-state index in [1.165, 1.54) is 38.5 Å². The number of rotatable bonds is 16. The van der Waals surface area contributed by atoms with Crippen LogP contribution in [0.1, 0.15) is 110 Å². The molecule has 1 atom stereocenters. The van der Waals surface area contributed by atoms with Gasteiger partial charge in [0.05, 0.1) is 0 Å². The van der Waals surface area contributed by atoms with Gasteiger partial charge in [-0.15, -0.1) is 0 Å². The zero-order valence-corrected chi connectivity index (χ0v) is 16.0. The quantitative estimate of drug-likeness (QED) is 0.286. The second kappa shape index (κ2) is 13.2. The standard InChI is InChI=1S/C18H38O4S/c1-3-5-7-9-10-11-12-13-15-17-18(19,23(20,21)22)16-14-8-6-4-2/h19H,3-17H2,1-2H3,(H,20,21,22). The molecule has 0 aromatic rings. The van der Waals surface area contributed by atoms with Crippen molar-refractivity contribution in [2.24, 2.45) is 0 Å². The fourth-order valence-corrected chi connectivity index (χ4v) is 3.73. The van der Waals surface area contributed by atoms with Crippen LogP contribution in [0.3, 0.4) is 0 Å². The minimum absolute atomic E-state index is 0.142. The van der Waals surface area contributed by atoms with Crippen molar-refractivity contribution in [1.29, 1.82) is 0 Å². The highest BCUT2D eigenvalue weighted by molar-refractivity contribution is 7.87. The minimum Gasteiger partial charge on any atom is -0.372 e.